The van der Waals surface area contributed by atoms with Gasteiger partial charge in [0.05, 0.1) is 12.2 Å². The van der Waals surface area contributed by atoms with E-state index in [4.69, 9.17) is 0 Å². The molecule has 1 aliphatic heterocycles. The molecule has 7 nitrogen and oxygen atoms in total. The predicted molar refractivity (Wildman–Crippen MR) is 99.9 cm³/mol. The number of aryl methyl sites for hydroxylation is 1. The van der Waals surface area contributed by atoms with Gasteiger partial charge < -0.3 is 5.32 Å². The van der Waals surface area contributed by atoms with Gasteiger partial charge >= 0.3 is 0 Å². The summed E-state index contributed by atoms with van der Waals surface area (Å²) in [6.07, 6.45) is 1.36. The first-order valence-electron chi connectivity index (χ1n) is 8.34. The van der Waals surface area contributed by atoms with Gasteiger partial charge in [0.1, 0.15) is 6.17 Å². The van der Waals surface area contributed by atoms with Crippen molar-refractivity contribution in [3.8, 4) is 0 Å². The fourth-order valence-electron chi connectivity index (χ4n) is 2.88. The molecule has 0 aliphatic carbocycles. The van der Waals surface area contributed by atoms with Crippen molar-refractivity contribution in [3.05, 3.63) is 88.1 Å². The number of aliphatic imine (C=N–C) groups is 1. The maximum absolute atomic E-state index is 12.5. The molecule has 0 amide bonds. The second kappa shape index (κ2) is 6.79. The summed E-state index contributed by atoms with van der Waals surface area (Å²) in [5, 5.41) is 6.40. The van der Waals surface area contributed by atoms with E-state index in [-0.39, 0.29) is 11.7 Å². The van der Waals surface area contributed by atoms with Crippen molar-refractivity contribution >= 4 is 11.9 Å². The van der Waals surface area contributed by atoms with Crippen LogP contribution in [0.3, 0.4) is 0 Å². The van der Waals surface area contributed by atoms with Crippen LogP contribution in [-0.4, -0.2) is 20.5 Å². The molecular weight excluding hydrogens is 328 g/mol. The lowest BCUT2D eigenvalue weighted by Crippen LogP contribution is -2.48. The molecule has 0 saturated carbocycles. The van der Waals surface area contributed by atoms with E-state index in [9.17, 15) is 4.79 Å². The molecule has 130 valence electrons. The van der Waals surface area contributed by atoms with E-state index in [0.29, 0.717) is 24.1 Å². The fraction of sp³-hybridized carbons (Fsp3) is 0.158. The zero-order valence-corrected chi connectivity index (χ0v) is 14.3. The minimum absolute atomic E-state index is 0.120. The zero-order valence-electron chi connectivity index (χ0n) is 14.3. The number of nitrogens with zero attached hydrogens (tertiary/aromatic N) is 4. The second-order valence-electron chi connectivity index (χ2n) is 6.00. The summed E-state index contributed by atoms with van der Waals surface area (Å²) in [6.45, 7) is 2.22. The molecule has 3 heterocycles. The van der Waals surface area contributed by atoms with Crippen LogP contribution in [0.2, 0.25) is 0 Å². The standard InChI is InChI=1S/C19H18N6O/c1-13-11-16(26)25-17(14-7-3-2-4-8-14)23-18(24-19(25)22-13)21-12-15-9-5-6-10-20-15/h2-11,17H,12H2,1H3,(H2,21,22,23,24)/t17-/m1/s1. The number of rotatable bonds is 3. The van der Waals surface area contributed by atoms with E-state index in [2.05, 4.69) is 25.6 Å². The number of anilines is 1. The minimum atomic E-state index is -0.379. The molecule has 3 aromatic rings. The van der Waals surface area contributed by atoms with Gasteiger partial charge in [-0.15, -0.1) is 0 Å². The van der Waals surface area contributed by atoms with Gasteiger partial charge in [0, 0.05) is 18.0 Å². The molecule has 1 atom stereocenters. The molecule has 0 radical (unpaired) electrons. The molecule has 2 aromatic heterocycles. The van der Waals surface area contributed by atoms with E-state index < -0.39 is 0 Å². The Bertz CT molecular complexity index is 998. The fourth-order valence-corrected chi connectivity index (χ4v) is 2.88. The van der Waals surface area contributed by atoms with Gasteiger partial charge in [0.2, 0.25) is 5.95 Å². The lowest BCUT2D eigenvalue weighted by Gasteiger charge is -2.31. The highest BCUT2D eigenvalue weighted by Crippen LogP contribution is 2.21. The summed E-state index contributed by atoms with van der Waals surface area (Å²) in [5.74, 6) is 1.03. The highest BCUT2D eigenvalue weighted by molar-refractivity contribution is 5.93. The van der Waals surface area contributed by atoms with Crippen LogP contribution in [0.4, 0.5) is 5.95 Å². The van der Waals surface area contributed by atoms with Gasteiger partial charge in [-0.3, -0.25) is 19.7 Å². The van der Waals surface area contributed by atoms with Crippen molar-refractivity contribution in [2.45, 2.75) is 19.6 Å². The number of hydrogen-bond acceptors (Lipinski definition) is 4. The Morgan fingerprint density at radius 3 is 2.73 bits per heavy atom. The lowest BCUT2D eigenvalue weighted by atomic mass is 10.1. The normalized spacial score (nSPS) is 17.3. The van der Waals surface area contributed by atoms with Gasteiger partial charge in [0.25, 0.3) is 5.56 Å². The Morgan fingerprint density at radius 2 is 1.96 bits per heavy atom. The second-order valence-corrected chi connectivity index (χ2v) is 6.00. The number of aromatic nitrogens is 3. The average Bonchev–Trinajstić information content (AvgIpc) is 2.67. The molecule has 2 N–H and O–H groups in total. The van der Waals surface area contributed by atoms with E-state index >= 15 is 0 Å². The van der Waals surface area contributed by atoms with Gasteiger partial charge in [-0.1, -0.05) is 36.4 Å². The van der Waals surface area contributed by atoms with Gasteiger partial charge in [-0.25, -0.2) is 9.98 Å². The number of pyridine rings is 1. The number of nitrogens with one attached hydrogen (secondary N) is 2. The Kier molecular flexibility index (Phi) is 4.18. The highest BCUT2D eigenvalue weighted by Gasteiger charge is 2.26. The summed E-state index contributed by atoms with van der Waals surface area (Å²) in [5.41, 5.74) is 2.35. The van der Waals surface area contributed by atoms with Crippen LogP contribution in [0, 0.1) is 6.92 Å². The number of benzene rings is 1. The first kappa shape index (κ1) is 16.0. The molecule has 1 aliphatic rings. The third-order valence-corrected chi connectivity index (χ3v) is 4.08. The topological polar surface area (TPSA) is 84.2 Å². The SMILES string of the molecule is Cc1cc(=O)n2c(n1)NC(=NCc1ccccn1)N[C@H]2c1ccccc1. The van der Waals surface area contributed by atoms with Crippen molar-refractivity contribution < 1.29 is 0 Å². The Balaban J connectivity index is 1.73. The first-order valence-corrected chi connectivity index (χ1v) is 8.34. The van der Waals surface area contributed by atoms with Crippen molar-refractivity contribution in [3.63, 3.8) is 0 Å². The molecule has 26 heavy (non-hydrogen) atoms. The van der Waals surface area contributed by atoms with Crippen LogP contribution in [0.5, 0.6) is 0 Å². The van der Waals surface area contributed by atoms with Crippen molar-refractivity contribution in [2.75, 3.05) is 5.32 Å². The van der Waals surface area contributed by atoms with Crippen LogP contribution in [-0.2, 0) is 6.54 Å². The van der Waals surface area contributed by atoms with Crippen LogP contribution in [0.15, 0.2) is 70.6 Å². The molecule has 0 bridgehead atoms. The van der Waals surface area contributed by atoms with Gasteiger partial charge in [-0.05, 0) is 24.6 Å². The number of hydrogen-bond donors (Lipinski definition) is 2. The minimum Gasteiger partial charge on any atom is -0.331 e. The highest BCUT2D eigenvalue weighted by atomic mass is 16.1. The van der Waals surface area contributed by atoms with Gasteiger partial charge in [0.15, 0.2) is 5.96 Å². The smallest absolute Gasteiger partial charge is 0.257 e. The summed E-state index contributed by atoms with van der Waals surface area (Å²) in [6, 6.07) is 17.0. The van der Waals surface area contributed by atoms with Crippen molar-refractivity contribution in [1.29, 1.82) is 0 Å². The summed E-state index contributed by atoms with van der Waals surface area (Å²) < 4.78 is 1.60. The molecule has 0 saturated heterocycles. The van der Waals surface area contributed by atoms with E-state index in [1.54, 1.807) is 17.7 Å². The van der Waals surface area contributed by atoms with Crippen LogP contribution >= 0.6 is 0 Å². The summed E-state index contributed by atoms with van der Waals surface area (Å²) in [4.78, 5) is 25.9. The molecule has 1 aromatic carbocycles. The maximum Gasteiger partial charge on any atom is 0.257 e. The number of fused-ring (bicyclic) bond motifs is 1. The Hall–Kier alpha value is -3.48. The maximum atomic E-state index is 12.5. The Labute approximate surface area is 150 Å². The molecule has 7 heteroatoms. The van der Waals surface area contributed by atoms with Crippen LogP contribution < -0.4 is 16.2 Å². The van der Waals surface area contributed by atoms with E-state index in [1.165, 1.54) is 6.07 Å². The van der Waals surface area contributed by atoms with Gasteiger partial charge in [-0.2, -0.15) is 0 Å². The number of guanidine groups is 1. The molecule has 0 spiro atoms. The predicted octanol–water partition coefficient (Wildman–Crippen LogP) is 2.06. The Morgan fingerprint density at radius 1 is 1.15 bits per heavy atom. The van der Waals surface area contributed by atoms with Crippen LogP contribution in [0.25, 0.3) is 0 Å². The third-order valence-electron chi connectivity index (χ3n) is 4.08. The average molecular weight is 346 g/mol. The largest absolute Gasteiger partial charge is 0.331 e. The van der Waals surface area contributed by atoms with Crippen molar-refractivity contribution in [2.24, 2.45) is 4.99 Å². The first-order chi connectivity index (χ1) is 12.7. The van der Waals surface area contributed by atoms with Crippen LogP contribution in [0.1, 0.15) is 23.1 Å². The monoisotopic (exact) mass is 346 g/mol. The lowest BCUT2D eigenvalue weighted by molar-refractivity contribution is 0.514. The quantitative estimate of drug-likeness (QED) is 0.758. The van der Waals surface area contributed by atoms with Crippen molar-refractivity contribution in [1.82, 2.24) is 19.9 Å². The summed E-state index contributed by atoms with van der Waals surface area (Å²) >= 11 is 0. The molecular formula is C19H18N6O. The van der Waals surface area contributed by atoms with E-state index in [0.717, 1.165) is 11.3 Å². The van der Waals surface area contributed by atoms with E-state index in [1.807, 2.05) is 48.5 Å². The molecule has 0 unspecified atom stereocenters. The molecule has 0 fully saturated rings. The third kappa shape index (κ3) is 3.19. The molecule has 4 rings (SSSR count). The summed E-state index contributed by atoms with van der Waals surface area (Å²) in [7, 11) is 0. The zero-order chi connectivity index (χ0) is 17.9.